The number of aryl methyl sites for hydroxylation is 1. The first-order chi connectivity index (χ1) is 7.63. The lowest BCUT2D eigenvalue weighted by Crippen LogP contribution is -1.92. The normalized spacial score (nSPS) is 13.5. The Labute approximate surface area is 97.5 Å². The lowest BCUT2D eigenvalue weighted by Gasteiger charge is -2.00. The molecule has 0 aliphatic heterocycles. The van der Waals surface area contributed by atoms with Crippen molar-refractivity contribution in [2.75, 3.05) is 0 Å². The van der Waals surface area contributed by atoms with E-state index in [0.717, 1.165) is 17.2 Å². The second kappa shape index (κ2) is 6.01. The number of benzene rings is 1. The van der Waals surface area contributed by atoms with Gasteiger partial charge in [0.05, 0.1) is 5.69 Å². The summed E-state index contributed by atoms with van der Waals surface area (Å²) in [7, 11) is 0. The molecule has 0 bridgehead atoms. The van der Waals surface area contributed by atoms with Gasteiger partial charge in [0.15, 0.2) is 0 Å². The fraction of sp³-hybridized carbons (Fsp3) is 0.286. The Morgan fingerprint density at radius 3 is 2.50 bits per heavy atom. The number of rotatable bonds is 2. The molecule has 0 aliphatic carbocycles. The van der Waals surface area contributed by atoms with E-state index in [-0.39, 0.29) is 0 Å². The van der Waals surface area contributed by atoms with Crippen LogP contribution in [0.15, 0.2) is 46.4 Å². The van der Waals surface area contributed by atoms with Crippen LogP contribution in [-0.4, -0.2) is 11.5 Å². The minimum Gasteiger partial charge on any atom is -0.239 e. The maximum absolute atomic E-state index is 4.48. The van der Waals surface area contributed by atoms with Crippen LogP contribution in [0.2, 0.25) is 0 Å². The molecule has 0 radical (unpaired) electrons. The lowest BCUT2D eigenvalue weighted by molar-refractivity contribution is 1.37. The van der Waals surface area contributed by atoms with E-state index in [1.54, 1.807) is 0 Å². The van der Waals surface area contributed by atoms with Gasteiger partial charge >= 0.3 is 0 Å². The van der Waals surface area contributed by atoms with E-state index in [1.165, 1.54) is 5.56 Å². The fourth-order valence-corrected chi connectivity index (χ4v) is 1.42. The molecule has 0 saturated heterocycles. The van der Waals surface area contributed by atoms with Crippen LogP contribution in [0.4, 0.5) is 5.69 Å². The summed E-state index contributed by atoms with van der Waals surface area (Å²) >= 11 is 0. The monoisotopic (exact) mass is 214 g/mol. The Kier molecular flexibility index (Phi) is 4.65. The lowest BCUT2D eigenvalue weighted by atomic mass is 10.2. The van der Waals surface area contributed by atoms with Gasteiger partial charge in [0.1, 0.15) is 5.84 Å². The average Bonchev–Trinajstić information content (AvgIpc) is 2.21. The SMILES string of the molecule is C\C=C/C(C)=N\C(C)=N\c1ccccc1C. The van der Waals surface area contributed by atoms with Crippen molar-refractivity contribution < 1.29 is 0 Å². The third-order valence-corrected chi connectivity index (χ3v) is 2.14. The van der Waals surface area contributed by atoms with Gasteiger partial charge in [-0.05, 0) is 45.4 Å². The summed E-state index contributed by atoms with van der Waals surface area (Å²) in [5.74, 6) is 0.782. The van der Waals surface area contributed by atoms with Gasteiger partial charge in [-0.25, -0.2) is 9.98 Å². The zero-order valence-corrected chi connectivity index (χ0v) is 10.4. The first kappa shape index (κ1) is 12.4. The molecule has 1 rings (SSSR count). The number of hydrogen-bond donors (Lipinski definition) is 0. The molecular formula is C14H18N2. The van der Waals surface area contributed by atoms with Crippen LogP contribution in [0.1, 0.15) is 26.3 Å². The quantitative estimate of drug-likeness (QED) is 0.523. The topological polar surface area (TPSA) is 24.7 Å². The van der Waals surface area contributed by atoms with E-state index < -0.39 is 0 Å². The molecule has 0 N–H and O–H groups in total. The Balaban J connectivity index is 2.94. The summed E-state index contributed by atoms with van der Waals surface area (Å²) in [5, 5.41) is 0. The van der Waals surface area contributed by atoms with Crippen LogP contribution in [0.25, 0.3) is 0 Å². The van der Waals surface area contributed by atoms with E-state index in [2.05, 4.69) is 23.0 Å². The number of allylic oxidation sites excluding steroid dienone is 2. The first-order valence-corrected chi connectivity index (χ1v) is 5.42. The summed E-state index contributed by atoms with van der Waals surface area (Å²) in [4.78, 5) is 8.86. The molecule has 0 aromatic heterocycles. The van der Waals surface area contributed by atoms with Crippen molar-refractivity contribution in [1.29, 1.82) is 0 Å². The number of para-hydroxylation sites is 1. The van der Waals surface area contributed by atoms with Crippen molar-refractivity contribution in [2.24, 2.45) is 9.98 Å². The standard InChI is InChI=1S/C14H18N2/c1-5-8-12(3)15-13(4)16-14-10-7-6-9-11(14)2/h5-10H,1-4H3/b8-5-,15-12-,16-13+. The molecule has 0 heterocycles. The van der Waals surface area contributed by atoms with Crippen LogP contribution >= 0.6 is 0 Å². The van der Waals surface area contributed by atoms with Crippen LogP contribution < -0.4 is 0 Å². The fourth-order valence-electron chi connectivity index (χ4n) is 1.42. The van der Waals surface area contributed by atoms with Crippen molar-refractivity contribution in [1.82, 2.24) is 0 Å². The van der Waals surface area contributed by atoms with Crippen LogP contribution in [0.5, 0.6) is 0 Å². The Morgan fingerprint density at radius 2 is 1.88 bits per heavy atom. The van der Waals surface area contributed by atoms with Crippen LogP contribution in [0.3, 0.4) is 0 Å². The largest absolute Gasteiger partial charge is 0.239 e. The van der Waals surface area contributed by atoms with Crippen molar-refractivity contribution in [3.63, 3.8) is 0 Å². The predicted molar refractivity (Wildman–Crippen MR) is 71.9 cm³/mol. The van der Waals surface area contributed by atoms with Crippen molar-refractivity contribution in [3.05, 3.63) is 42.0 Å². The molecule has 0 fully saturated rings. The smallest absolute Gasteiger partial charge is 0.126 e. The molecule has 16 heavy (non-hydrogen) atoms. The number of nitrogens with zero attached hydrogens (tertiary/aromatic N) is 2. The van der Waals surface area contributed by atoms with Gasteiger partial charge in [-0.1, -0.05) is 24.3 Å². The zero-order chi connectivity index (χ0) is 12.0. The van der Waals surface area contributed by atoms with Crippen molar-refractivity contribution in [2.45, 2.75) is 27.7 Å². The highest BCUT2D eigenvalue weighted by molar-refractivity contribution is 6.02. The maximum atomic E-state index is 4.48. The molecule has 2 heteroatoms. The van der Waals surface area contributed by atoms with Gasteiger partial charge in [0.25, 0.3) is 0 Å². The average molecular weight is 214 g/mol. The van der Waals surface area contributed by atoms with Gasteiger partial charge in [-0.3, -0.25) is 0 Å². The van der Waals surface area contributed by atoms with Crippen LogP contribution in [0, 0.1) is 6.92 Å². The first-order valence-electron chi connectivity index (χ1n) is 5.42. The molecular weight excluding hydrogens is 196 g/mol. The van der Waals surface area contributed by atoms with E-state index in [1.807, 2.05) is 51.1 Å². The predicted octanol–water partition coefficient (Wildman–Crippen LogP) is 4.08. The molecule has 0 spiro atoms. The second-order valence-electron chi connectivity index (χ2n) is 3.70. The highest BCUT2D eigenvalue weighted by atomic mass is 14.9. The highest BCUT2D eigenvalue weighted by Crippen LogP contribution is 2.17. The molecule has 0 unspecified atom stereocenters. The molecule has 0 atom stereocenters. The highest BCUT2D eigenvalue weighted by Gasteiger charge is 1.94. The molecule has 2 nitrogen and oxygen atoms in total. The Bertz CT molecular complexity index is 440. The number of hydrogen-bond acceptors (Lipinski definition) is 1. The summed E-state index contributed by atoms with van der Waals surface area (Å²) in [5.41, 5.74) is 3.12. The molecule has 1 aromatic rings. The molecule has 1 aromatic carbocycles. The van der Waals surface area contributed by atoms with Gasteiger partial charge in [-0.2, -0.15) is 0 Å². The van der Waals surface area contributed by atoms with Gasteiger partial charge in [0.2, 0.25) is 0 Å². The zero-order valence-electron chi connectivity index (χ0n) is 10.4. The third-order valence-electron chi connectivity index (χ3n) is 2.14. The van der Waals surface area contributed by atoms with Gasteiger partial charge in [0, 0.05) is 5.71 Å². The minimum atomic E-state index is 0.782. The number of amidine groups is 1. The summed E-state index contributed by atoms with van der Waals surface area (Å²) < 4.78 is 0. The number of aliphatic imine (C=N–C) groups is 2. The van der Waals surface area contributed by atoms with E-state index in [0.29, 0.717) is 0 Å². The van der Waals surface area contributed by atoms with E-state index in [4.69, 9.17) is 0 Å². The molecule has 0 amide bonds. The van der Waals surface area contributed by atoms with Crippen molar-refractivity contribution in [3.8, 4) is 0 Å². The molecule has 84 valence electrons. The van der Waals surface area contributed by atoms with Crippen molar-refractivity contribution >= 4 is 17.2 Å². The summed E-state index contributed by atoms with van der Waals surface area (Å²) in [6, 6.07) is 8.05. The molecule has 0 saturated carbocycles. The third kappa shape index (κ3) is 3.81. The minimum absolute atomic E-state index is 0.782. The summed E-state index contributed by atoms with van der Waals surface area (Å²) in [6.45, 7) is 7.91. The Hall–Kier alpha value is -1.70. The molecule has 0 aliphatic rings. The van der Waals surface area contributed by atoms with E-state index in [9.17, 15) is 0 Å². The summed E-state index contributed by atoms with van der Waals surface area (Å²) in [6.07, 6.45) is 3.94. The van der Waals surface area contributed by atoms with Crippen LogP contribution in [-0.2, 0) is 0 Å². The van der Waals surface area contributed by atoms with E-state index >= 15 is 0 Å². The second-order valence-corrected chi connectivity index (χ2v) is 3.70. The van der Waals surface area contributed by atoms with Gasteiger partial charge < -0.3 is 0 Å². The van der Waals surface area contributed by atoms with Gasteiger partial charge in [-0.15, -0.1) is 0 Å². The maximum Gasteiger partial charge on any atom is 0.126 e. The Morgan fingerprint density at radius 1 is 1.19 bits per heavy atom.